The predicted octanol–water partition coefficient (Wildman–Crippen LogP) is -4.39. The van der Waals surface area contributed by atoms with Crippen LogP contribution in [-0.4, -0.2) is 102 Å². The van der Waals surface area contributed by atoms with E-state index in [0.717, 1.165) is 0 Å². The van der Waals surface area contributed by atoms with Gasteiger partial charge in [0.25, 0.3) is 0 Å². The molecular weight excluding hydrogens is 456 g/mol. The average Bonchev–Trinajstić information content (AvgIpc) is 2.63. The summed E-state index contributed by atoms with van der Waals surface area (Å²) >= 11 is 0. The second kappa shape index (κ2) is 11.6. The minimum absolute atomic E-state index is 0.547. The van der Waals surface area contributed by atoms with Gasteiger partial charge in [-0.3, -0.25) is 38.5 Å². The van der Waals surface area contributed by atoms with E-state index in [-0.39, 0.29) is 0 Å². The second-order valence-electron chi connectivity index (χ2n) is 6.73. The van der Waals surface area contributed by atoms with Gasteiger partial charge >= 0.3 is 29.8 Å². The Morgan fingerprint density at radius 1 is 0.606 bits per heavy atom. The fraction of sp³-hybridized carbons (Fsp3) is 0.500. The highest BCUT2D eigenvalue weighted by molar-refractivity contribution is 6.19. The highest BCUT2D eigenvalue weighted by Crippen LogP contribution is 2.27. The number of Topliss-reactive ketones (excluding diaryl/α,β-unsaturated/α-hetero) is 1. The molecule has 0 aromatic heterocycles. The summed E-state index contributed by atoms with van der Waals surface area (Å²) in [4.78, 5) is 94.4. The van der Waals surface area contributed by atoms with Crippen molar-refractivity contribution in [2.75, 3.05) is 0 Å². The molecule has 184 valence electrons. The molecule has 0 fully saturated rings. The lowest BCUT2D eigenvalue weighted by Gasteiger charge is -2.40. The van der Waals surface area contributed by atoms with Crippen LogP contribution < -0.4 is 17.2 Å². The Morgan fingerprint density at radius 3 is 1.21 bits per heavy atom. The molecule has 0 saturated carbocycles. The van der Waals surface area contributed by atoms with Gasteiger partial charge in [-0.2, -0.15) is 0 Å². The third-order valence-electron chi connectivity index (χ3n) is 4.15. The predicted molar refractivity (Wildman–Crippen MR) is 100 cm³/mol. The zero-order valence-corrected chi connectivity index (χ0v) is 16.7. The largest absolute Gasteiger partial charge is 0.481 e. The molecule has 11 N–H and O–H groups in total. The SMILES string of the molecule is NC(CC(=O)O)C(=O)N(C(=O)C(N)CC(=O)O)C(CC(=O)O)(C(=O)O)C(=O)C(N)CC(=O)O. The maximum atomic E-state index is 12.9. The van der Waals surface area contributed by atoms with E-state index in [9.17, 15) is 48.6 Å². The van der Waals surface area contributed by atoms with E-state index < -0.39 is 102 Å². The second-order valence-corrected chi connectivity index (χ2v) is 6.73. The molecule has 0 heterocycles. The van der Waals surface area contributed by atoms with Crippen LogP contribution in [0.2, 0.25) is 0 Å². The molecule has 0 aromatic rings. The van der Waals surface area contributed by atoms with E-state index in [1.54, 1.807) is 0 Å². The van der Waals surface area contributed by atoms with Crippen molar-refractivity contribution in [1.82, 2.24) is 4.90 Å². The maximum Gasteiger partial charge on any atom is 0.338 e. The summed E-state index contributed by atoms with van der Waals surface area (Å²) in [5.41, 5.74) is 12.4. The molecule has 0 spiro atoms. The molecule has 4 atom stereocenters. The van der Waals surface area contributed by atoms with Crippen molar-refractivity contribution in [3.63, 3.8) is 0 Å². The third-order valence-corrected chi connectivity index (χ3v) is 4.15. The Bertz CT molecular complexity index is 838. The van der Waals surface area contributed by atoms with Crippen molar-refractivity contribution in [3.8, 4) is 0 Å². The number of nitrogens with two attached hydrogens (primary N) is 3. The number of ketones is 1. The smallest absolute Gasteiger partial charge is 0.338 e. The van der Waals surface area contributed by atoms with E-state index in [1.165, 1.54) is 0 Å². The van der Waals surface area contributed by atoms with Crippen molar-refractivity contribution in [2.45, 2.75) is 49.3 Å². The molecule has 33 heavy (non-hydrogen) atoms. The first-order valence-corrected chi connectivity index (χ1v) is 8.78. The third kappa shape index (κ3) is 7.30. The quantitative estimate of drug-likeness (QED) is 0.109. The lowest BCUT2D eigenvalue weighted by atomic mass is 9.82. The number of carboxylic acids is 5. The van der Waals surface area contributed by atoms with E-state index >= 15 is 0 Å². The van der Waals surface area contributed by atoms with Gasteiger partial charge in [0, 0.05) is 0 Å². The summed E-state index contributed by atoms with van der Waals surface area (Å²) in [6.45, 7) is 0. The van der Waals surface area contributed by atoms with Gasteiger partial charge in [0.15, 0.2) is 5.78 Å². The maximum absolute atomic E-state index is 12.9. The molecule has 0 radical (unpaired) electrons. The summed E-state index contributed by atoms with van der Waals surface area (Å²) in [6, 6.07) is -6.72. The number of nitrogens with zero attached hydrogens (tertiary/aromatic N) is 1. The van der Waals surface area contributed by atoms with Crippen LogP contribution in [0.3, 0.4) is 0 Å². The molecule has 0 aliphatic heterocycles. The molecule has 4 unspecified atom stereocenters. The Kier molecular flexibility index (Phi) is 10.2. The van der Waals surface area contributed by atoms with Gasteiger partial charge < -0.3 is 42.7 Å². The van der Waals surface area contributed by atoms with Gasteiger partial charge in [-0.05, 0) is 0 Å². The molecule has 17 nitrogen and oxygen atoms in total. The van der Waals surface area contributed by atoms with E-state index in [1.807, 2.05) is 0 Å². The molecule has 2 amide bonds. The summed E-state index contributed by atoms with van der Waals surface area (Å²) in [5.74, 6) is -15.5. The average molecular weight is 478 g/mol. The number of aliphatic carboxylic acids is 5. The molecule has 0 rings (SSSR count). The van der Waals surface area contributed by atoms with Gasteiger partial charge in [-0.25, -0.2) is 4.79 Å². The zero-order valence-electron chi connectivity index (χ0n) is 16.7. The van der Waals surface area contributed by atoms with Crippen LogP contribution in [0.25, 0.3) is 0 Å². The van der Waals surface area contributed by atoms with Crippen molar-refractivity contribution in [1.29, 1.82) is 0 Å². The highest BCUT2D eigenvalue weighted by Gasteiger charge is 2.59. The number of rotatable bonds is 14. The fourth-order valence-electron chi connectivity index (χ4n) is 2.73. The van der Waals surface area contributed by atoms with E-state index in [0.29, 0.717) is 0 Å². The Labute approximate surface area is 183 Å². The first kappa shape index (κ1) is 29.0. The van der Waals surface area contributed by atoms with Crippen molar-refractivity contribution in [3.05, 3.63) is 0 Å². The van der Waals surface area contributed by atoms with Gasteiger partial charge in [-0.1, -0.05) is 0 Å². The van der Waals surface area contributed by atoms with Crippen LogP contribution >= 0.6 is 0 Å². The summed E-state index contributed by atoms with van der Waals surface area (Å²) in [5, 5.41) is 45.5. The number of carbonyl (C=O) groups is 8. The van der Waals surface area contributed by atoms with Crippen molar-refractivity contribution < 1.29 is 63.9 Å². The minimum atomic E-state index is -3.74. The Morgan fingerprint density at radius 2 is 0.939 bits per heavy atom. The Balaban J connectivity index is 7.08. The molecule has 0 saturated heterocycles. The first-order chi connectivity index (χ1) is 15.0. The van der Waals surface area contributed by atoms with Crippen molar-refractivity contribution in [2.24, 2.45) is 17.2 Å². The molecule has 0 aliphatic rings. The van der Waals surface area contributed by atoms with Crippen molar-refractivity contribution >= 4 is 47.4 Å². The first-order valence-electron chi connectivity index (χ1n) is 8.78. The molecule has 0 bridgehead atoms. The molecular formula is C16H22N4O13. The summed E-state index contributed by atoms with van der Waals surface area (Å²) in [6.07, 6.45) is -5.57. The van der Waals surface area contributed by atoms with Crippen LogP contribution in [0.4, 0.5) is 0 Å². The number of amides is 2. The van der Waals surface area contributed by atoms with Crippen LogP contribution in [-0.2, 0) is 38.4 Å². The number of hydrogen-bond acceptors (Lipinski definition) is 11. The minimum Gasteiger partial charge on any atom is -0.481 e. The summed E-state index contributed by atoms with van der Waals surface area (Å²) < 4.78 is 0. The van der Waals surface area contributed by atoms with Gasteiger partial charge in [-0.15, -0.1) is 0 Å². The molecule has 0 aromatic carbocycles. The van der Waals surface area contributed by atoms with Gasteiger partial charge in [0.2, 0.25) is 17.4 Å². The topological polar surface area (TPSA) is 319 Å². The summed E-state index contributed by atoms with van der Waals surface area (Å²) in [7, 11) is 0. The molecule has 0 aliphatic carbocycles. The van der Waals surface area contributed by atoms with Crippen LogP contribution in [0.5, 0.6) is 0 Å². The lowest BCUT2D eigenvalue weighted by molar-refractivity contribution is -0.176. The van der Waals surface area contributed by atoms with Crippen LogP contribution in [0, 0.1) is 0 Å². The number of carboxylic acid groups (broad SMARTS) is 5. The van der Waals surface area contributed by atoms with E-state index in [2.05, 4.69) is 0 Å². The van der Waals surface area contributed by atoms with Gasteiger partial charge in [0.05, 0.1) is 43.8 Å². The van der Waals surface area contributed by atoms with Gasteiger partial charge in [0.1, 0.15) is 0 Å². The highest BCUT2D eigenvalue weighted by atomic mass is 16.4. The number of imide groups is 1. The van der Waals surface area contributed by atoms with Crippen LogP contribution in [0.1, 0.15) is 25.7 Å². The Hall–Kier alpha value is -3.96. The van der Waals surface area contributed by atoms with E-state index in [4.69, 9.17) is 32.5 Å². The zero-order chi connectivity index (χ0) is 26.3. The standard InChI is InChI=1S/C16H22N4O13/c17-5(1-8(21)22)12(29)16(15(32)33,4-11(27)28)20(13(30)6(18)2-9(23)24)14(31)7(19)3-10(25)26/h5-7H,1-4,17-19H2,(H,21,22)(H,23,24)(H,25,26)(H,27,28)(H,32,33). The number of carbonyl (C=O) groups excluding carboxylic acids is 3. The normalized spacial score (nSPS) is 15.2. The van der Waals surface area contributed by atoms with Crippen LogP contribution in [0.15, 0.2) is 0 Å². The monoisotopic (exact) mass is 478 g/mol. The fourth-order valence-corrected chi connectivity index (χ4v) is 2.73. The lowest BCUT2D eigenvalue weighted by Crippen LogP contribution is -2.71. The number of hydrogen-bond donors (Lipinski definition) is 8. The molecule has 17 heteroatoms.